The minimum atomic E-state index is -3.83. The van der Waals surface area contributed by atoms with Gasteiger partial charge in [0.15, 0.2) is 0 Å². The Morgan fingerprint density at radius 2 is 1.02 bits per heavy atom. The quantitative estimate of drug-likeness (QED) is 0.181. The molecule has 2 aromatic carbocycles. The summed E-state index contributed by atoms with van der Waals surface area (Å²) < 4.78 is 6.46. The Labute approximate surface area is 279 Å². The summed E-state index contributed by atoms with van der Waals surface area (Å²) in [6, 6.07) is 22.5. The normalized spacial score (nSPS) is 17.4. The van der Waals surface area contributed by atoms with Gasteiger partial charge in [-0.25, -0.2) is 0 Å². The minimum absolute atomic E-state index is 0. The van der Waals surface area contributed by atoms with Crippen molar-refractivity contribution in [1.29, 1.82) is 0 Å². The van der Waals surface area contributed by atoms with Gasteiger partial charge in [0.1, 0.15) is 0 Å². The van der Waals surface area contributed by atoms with Gasteiger partial charge in [-0.15, -0.1) is 24.8 Å². The Hall–Kier alpha value is -2.11. The second kappa shape index (κ2) is 12.6. The van der Waals surface area contributed by atoms with Crippen LogP contribution in [0.1, 0.15) is 94.1 Å². The van der Waals surface area contributed by atoms with E-state index in [1.54, 1.807) is 11.1 Å². The van der Waals surface area contributed by atoms with Crippen LogP contribution in [0.4, 0.5) is 0 Å². The second-order valence-corrected chi connectivity index (χ2v) is 58.0. The molecule has 4 aromatic rings. The van der Waals surface area contributed by atoms with Crippen LogP contribution in [-0.2, 0) is 17.1 Å². The Morgan fingerprint density at radius 3 is 1.34 bits per heavy atom. The van der Waals surface area contributed by atoms with Gasteiger partial charge in [-0.2, -0.15) is 0 Å². The first-order valence-electron chi connectivity index (χ1n) is 15.5. The van der Waals surface area contributed by atoms with Crippen LogP contribution in [-0.4, -0.2) is 16.9 Å². The number of aromatic nitrogens is 2. The van der Waals surface area contributed by atoms with Crippen LogP contribution in [0.5, 0.6) is 0 Å². The standard InChI is InChI=1S/2C18H18N.2CH3.2ClH.Hf.H2Si/c2*1-12(2)14-10-15-8-13(3)9-16(15)17(11-14)18-6-4-5-7-19-18;;;;;;/h2*4-12H,1-3H3;2*1H3;2*1H;;1H2. The van der Waals surface area contributed by atoms with E-state index in [2.05, 4.69) is 119 Å². The predicted octanol–water partition coefficient (Wildman–Crippen LogP) is 10.9. The number of benzene rings is 2. The molecule has 0 fully saturated rings. The number of pyridine rings is 2. The van der Waals surface area contributed by atoms with E-state index in [1.807, 2.05) is 24.5 Å². The molecule has 2 heterocycles. The van der Waals surface area contributed by atoms with E-state index in [0.717, 1.165) is 11.4 Å². The SMILES string of the molecule is CC1=Cc2c(-c3ccccn3)cc(C(C)C)cc2[CH]1[Hf]([CH3])([CH3])(=[SiH2])[CH]1C(C)=Cc2c(-c3ccccn3)cc(C(C)C)cc21.Cl.Cl. The molecule has 44 heavy (non-hydrogen) atoms. The van der Waals surface area contributed by atoms with Gasteiger partial charge in [-0.05, 0) is 0 Å². The Kier molecular flexibility index (Phi) is 9.94. The van der Waals surface area contributed by atoms with E-state index >= 15 is 0 Å². The average Bonchev–Trinajstić information content (AvgIpc) is 3.49. The van der Waals surface area contributed by atoms with Gasteiger partial charge in [-0.1, -0.05) is 0 Å². The monoisotopic (exact) mass is 808 g/mol. The zero-order valence-corrected chi connectivity index (χ0v) is 34.0. The van der Waals surface area contributed by atoms with Gasteiger partial charge in [-0.3, -0.25) is 0 Å². The summed E-state index contributed by atoms with van der Waals surface area (Å²) >= 11 is -3.83. The van der Waals surface area contributed by atoms with Gasteiger partial charge >= 0.3 is 256 Å². The summed E-state index contributed by atoms with van der Waals surface area (Å²) in [4.78, 5) is 9.63. The molecular formula is C38H46Cl2HfN2Si. The fourth-order valence-corrected chi connectivity index (χ4v) is 38.6. The zero-order valence-electron chi connectivity index (χ0n) is 27.3. The third-order valence-electron chi connectivity index (χ3n) is 9.86. The van der Waals surface area contributed by atoms with Crippen LogP contribution < -0.4 is 0 Å². The summed E-state index contributed by atoms with van der Waals surface area (Å²) in [5.74, 6) is 0.912. The maximum absolute atomic E-state index is 4.82. The van der Waals surface area contributed by atoms with Gasteiger partial charge in [0, 0.05) is 0 Å². The van der Waals surface area contributed by atoms with E-state index in [9.17, 15) is 0 Å². The first kappa shape index (κ1) is 34.8. The Bertz CT molecular complexity index is 1710. The van der Waals surface area contributed by atoms with Gasteiger partial charge in [0.25, 0.3) is 0 Å². The molecule has 230 valence electrons. The van der Waals surface area contributed by atoms with Crippen LogP contribution in [0.2, 0.25) is 9.36 Å². The Morgan fingerprint density at radius 1 is 0.636 bits per heavy atom. The summed E-state index contributed by atoms with van der Waals surface area (Å²) in [7, 11) is 0. The average molecular weight is 808 g/mol. The van der Waals surface area contributed by atoms with Crippen molar-refractivity contribution in [2.75, 3.05) is 0 Å². The number of hydrogen-bond donors (Lipinski definition) is 0. The molecule has 2 aliphatic carbocycles. The molecule has 0 N–H and O–H groups in total. The molecule has 6 heteroatoms. The van der Waals surface area contributed by atoms with Crippen LogP contribution in [0.3, 0.4) is 0 Å². The number of nitrogens with zero attached hydrogens (tertiary/aromatic N) is 2. The topological polar surface area (TPSA) is 25.8 Å². The van der Waals surface area contributed by atoms with Crippen molar-refractivity contribution in [3.8, 4) is 22.5 Å². The molecule has 0 saturated heterocycles. The molecule has 0 aliphatic heterocycles. The van der Waals surface area contributed by atoms with E-state index in [4.69, 9.17) is 9.97 Å². The number of halogens is 2. The number of hydrogen-bond acceptors (Lipinski definition) is 2. The van der Waals surface area contributed by atoms with E-state index in [1.165, 1.54) is 44.5 Å². The fraction of sp³-hybridized carbons (Fsp3) is 0.316. The van der Waals surface area contributed by atoms with Gasteiger partial charge < -0.3 is 0 Å². The first-order valence-corrected chi connectivity index (χ1v) is 35.1. The minimum Gasteiger partial charge on any atom is -0.147 e. The van der Waals surface area contributed by atoms with E-state index in [-0.39, 0.29) is 24.8 Å². The molecule has 0 spiro atoms. The van der Waals surface area contributed by atoms with Crippen molar-refractivity contribution in [2.45, 2.75) is 70.1 Å². The van der Waals surface area contributed by atoms with E-state index in [0.29, 0.717) is 19.2 Å². The molecule has 2 unspecified atom stereocenters. The molecule has 0 radical (unpaired) electrons. The zero-order chi connectivity index (χ0) is 30.0. The van der Waals surface area contributed by atoms with Crippen molar-refractivity contribution >= 4 is 43.9 Å². The molecule has 2 aliphatic rings. The van der Waals surface area contributed by atoms with E-state index < -0.39 is 17.1 Å². The molecule has 0 amide bonds. The van der Waals surface area contributed by atoms with Crippen LogP contribution in [0.25, 0.3) is 34.7 Å². The molecule has 2 atom stereocenters. The van der Waals surface area contributed by atoms with Crippen molar-refractivity contribution < 1.29 is 17.1 Å². The largest absolute Gasteiger partial charge is 0.147 e. The molecular weight excluding hydrogens is 762 g/mol. The van der Waals surface area contributed by atoms with Crippen LogP contribution >= 0.6 is 24.8 Å². The first-order chi connectivity index (χ1) is 19.9. The summed E-state index contributed by atoms with van der Waals surface area (Å²) in [6.45, 7) is 16.5. The number of rotatable bonds is 6. The number of allylic oxidation sites excluding steroid dienone is 2. The second-order valence-electron chi connectivity index (χ2n) is 14.5. The molecule has 2 aromatic heterocycles. The third-order valence-corrected chi connectivity index (χ3v) is 35.7. The molecule has 0 bridgehead atoms. The fourth-order valence-electron chi connectivity index (χ4n) is 8.13. The smallest absolute Gasteiger partial charge is 0.147 e. The summed E-state index contributed by atoms with van der Waals surface area (Å²) in [5, 5.41) is 0. The molecule has 2 nitrogen and oxygen atoms in total. The van der Waals surface area contributed by atoms with Crippen molar-refractivity contribution in [3.05, 3.63) is 118 Å². The number of fused-ring (bicyclic) bond motifs is 2. The maximum Gasteiger partial charge on any atom is -0.147 e. The summed E-state index contributed by atoms with van der Waals surface area (Å²) in [5.41, 5.74) is 16.5. The summed E-state index contributed by atoms with van der Waals surface area (Å²) in [6.07, 6.45) is 8.86. The third kappa shape index (κ3) is 5.81. The molecule has 0 saturated carbocycles. The molecule has 6 rings (SSSR count). The maximum atomic E-state index is 4.82. The van der Waals surface area contributed by atoms with Gasteiger partial charge in [0.05, 0.1) is 0 Å². The van der Waals surface area contributed by atoms with Crippen LogP contribution in [0.15, 0.2) is 84.2 Å². The van der Waals surface area contributed by atoms with Crippen molar-refractivity contribution in [3.63, 3.8) is 0 Å². The van der Waals surface area contributed by atoms with Crippen molar-refractivity contribution in [2.24, 2.45) is 0 Å². The Balaban J connectivity index is 0.00000221. The predicted molar refractivity (Wildman–Crippen MR) is 195 cm³/mol. The van der Waals surface area contributed by atoms with Crippen LogP contribution in [0, 0.1) is 0 Å². The van der Waals surface area contributed by atoms with Gasteiger partial charge in [0.2, 0.25) is 0 Å². The van der Waals surface area contributed by atoms with Crippen molar-refractivity contribution in [1.82, 2.24) is 9.97 Å².